The second kappa shape index (κ2) is 5.33. The summed E-state index contributed by atoms with van der Waals surface area (Å²) in [5.41, 5.74) is 10.3. The molecule has 3 N–H and O–H groups in total. The van der Waals surface area contributed by atoms with E-state index in [9.17, 15) is 0 Å². The number of rotatable bonds is 2. The lowest BCUT2D eigenvalue weighted by Gasteiger charge is -2.19. The number of hydrogen-bond acceptors (Lipinski definition) is 1. The summed E-state index contributed by atoms with van der Waals surface area (Å²) in [7, 11) is 0. The van der Waals surface area contributed by atoms with Crippen LogP contribution < -0.4 is 5.73 Å². The number of hydrogen-bond donors (Lipinski definition) is 2. The minimum absolute atomic E-state index is 0. The molecule has 1 fully saturated rings. The van der Waals surface area contributed by atoms with Gasteiger partial charge in [0.25, 0.3) is 0 Å². The molecule has 1 saturated carbocycles. The van der Waals surface area contributed by atoms with Crippen molar-refractivity contribution in [2.45, 2.75) is 38.6 Å². The number of H-pyrrole nitrogens is 1. The van der Waals surface area contributed by atoms with Gasteiger partial charge in [-0.1, -0.05) is 31.0 Å². The maximum absolute atomic E-state index is 6.49. The predicted molar refractivity (Wildman–Crippen MR) is 79.2 cm³/mol. The normalized spacial score (nSPS) is 17.9. The summed E-state index contributed by atoms with van der Waals surface area (Å²) in [5, 5.41) is 1.31. The maximum Gasteiger partial charge on any atom is 0.0459 e. The van der Waals surface area contributed by atoms with Crippen molar-refractivity contribution in [2.24, 2.45) is 11.7 Å². The van der Waals surface area contributed by atoms with Gasteiger partial charge < -0.3 is 10.7 Å². The Bertz CT molecular complexity index is 526. The summed E-state index contributed by atoms with van der Waals surface area (Å²) in [6.07, 6.45) is 5.28. The molecule has 0 saturated heterocycles. The van der Waals surface area contributed by atoms with Crippen LogP contribution in [-0.4, -0.2) is 4.98 Å². The third kappa shape index (κ3) is 2.15. The van der Waals surface area contributed by atoms with Crippen LogP contribution in [0.4, 0.5) is 0 Å². The fraction of sp³-hybridized carbons (Fsp3) is 0.467. The van der Waals surface area contributed by atoms with Gasteiger partial charge in [-0.05, 0) is 37.3 Å². The first-order valence-corrected chi connectivity index (χ1v) is 6.60. The van der Waals surface area contributed by atoms with Gasteiger partial charge in [-0.25, -0.2) is 0 Å². The minimum atomic E-state index is 0. The largest absolute Gasteiger partial charge is 0.358 e. The standard InChI is InChI=1S/C15H20N2.ClH/c1-10-14(15(16)11-6-2-3-7-11)12-8-4-5-9-13(12)17-10;/h4-5,8-9,11,15,17H,2-3,6-7,16H2,1H3;1H/t15-;/m1./s1. The first-order valence-electron chi connectivity index (χ1n) is 6.60. The Morgan fingerprint density at radius 2 is 1.89 bits per heavy atom. The Hall–Kier alpha value is -0.990. The molecule has 3 rings (SSSR count). The molecule has 0 amide bonds. The molecule has 0 spiro atoms. The van der Waals surface area contributed by atoms with E-state index in [0.717, 1.165) is 0 Å². The van der Waals surface area contributed by atoms with Crippen LogP contribution in [0.5, 0.6) is 0 Å². The molecule has 0 unspecified atom stereocenters. The number of benzene rings is 1. The molecular formula is C15H21ClN2. The molecule has 3 heteroatoms. The zero-order valence-corrected chi connectivity index (χ0v) is 11.6. The van der Waals surface area contributed by atoms with Gasteiger partial charge in [0.05, 0.1) is 0 Å². The summed E-state index contributed by atoms with van der Waals surface area (Å²) in [4.78, 5) is 3.45. The molecule has 1 aromatic heterocycles. The lowest BCUT2D eigenvalue weighted by atomic mass is 9.91. The van der Waals surface area contributed by atoms with Crippen molar-refractivity contribution >= 4 is 23.3 Å². The van der Waals surface area contributed by atoms with Crippen molar-refractivity contribution in [1.29, 1.82) is 0 Å². The van der Waals surface area contributed by atoms with Gasteiger partial charge >= 0.3 is 0 Å². The van der Waals surface area contributed by atoms with E-state index in [1.54, 1.807) is 0 Å². The quantitative estimate of drug-likeness (QED) is 0.843. The SMILES string of the molecule is Cc1[nH]c2ccccc2c1[C@H](N)C1CCCC1.Cl. The minimum Gasteiger partial charge on any atom is -0.358 e. The van der Waals surface area contributed by atoms with Gasteiger partial charge in [0.2, 0.25) is 0 Å². The van der Waals surface area contributed by atoms with E-state index in [4.69, 9.17) is 5.73 Å². The molecule has 0 radical (unpaired) electrons. The Kier molecular flexibility index (Phi) is 3.98. The molecule has 1 atom stereocenters. The van der Waals surface area contributed by atoms with Crippen molar-refractivity contribution in [3.05, 3.63) is 35.5 Å². The van der Waals surface area contributed by atoms with Crippen LogP contribution >= 0.6 is 12.4 Å². The van der Waals surface area contributed by atoms with Crippen LogP contribution in [0.2, 0.25) is 0 Å². The number of para-hydroxylation sites is 1. The van der Waals surface area contributed by atoms with E-state index in [1.165, 1.54) is 47.8 Å². The van der Waals surface area contributed by atoms with E-state index in [2.05, 4.69) is 36.2 Å². The first kappa shape index (κ1) is 13.4. The molecule has 98 valence electrons. The summed E-state index contributed by atoms with van der Waals surface area (Å²) >= 11 is 0. The maximum atomic E-state index is 6.49. The van der Waals surface area contributed by atoms with Gasteiger partial charge in [0.15, 0.2) is 0 Å². The molecule has 2 aromatic rings. The highest BCUT2D eigenvalue weighted by Crippen LogP contribution is 2.38. The van der Waals surface area contributed by atoms with Gasteiger partial charge in [-0.15, -0.1) is 12.4 Å². The summed E-state index contributed by atoms with van der Waals surface area (Å²) in [5.74, 6) is 0.674. The molecule has 0 aliphatic heterocycles. The van der Waals surface area contributed by atoms with Crippen LogP contribution in [0, 0.1) is 12.8 Å². The van der Waals surface area contributed by atoms with Gasteiger partial charge in [-0.3, -0.25) is 0 Å². The zero-order chi connectivity index (χ0) is 11.8. The van der Waals surface area contributed by atoms with Gasteiger partial charge in [0, 0.05) is 22.6 Å². The number of aromatic amines is 1. The third-order valence-corrected chi connectivity index (χ3v) is 4.18. The molecule has 1 heterocycles. The third-order valence-electron chi connectivity index (χ3n) is 4.18. The smallest absolute Gasteiger partial charge is 0.0459 e. The molecule has 1 aromatic carbocycles. The Labute approximate surface area is 114 Å². The fourth-order valence-corrected chi connectivity index (χ4v) is 3.28. The van der Waals surface area contributed by atoms with Crippen molar-refractivity contribution in [3.63, 3.8) is 0 Å². The summed E-state index contributed by atoms with van der Waals surface area (Å²) in [6, 6.07) is 8.69. The van der Waals surface area contributed by atoms with Crippen LogP contribution in [0.3, 0.4) is 0 Å². The van der Waals surface area contributed by atoms with Crippen molar-refractivity contribution < 1.29 is 0 Å². The van der Waals surface area contributed by atoms with Crippen molar-refractivity contribution in [2.75, 3.05) is 0 Å². The summed E-state index contributed by atoms with van der Waals surface area (Å²) in [6.45, 7) is 2.14. The highest BCUT2D eigenvalue weighted by molar-refractivity contribution is 5.85. The second-order valence-electron chi connectivity index (χ2n) is 5.28. The predicted octanol–water partition coefficient (Wildman–Crippen LogP) is 4.09. The van der Waals surface area contributed by atoms with Crippen LogP contribution in [0.1, 0.15) is 43.0 Å². The lowest BCUT2D eigenvalue weighted by molar-refractivity contribution is 0.445. The molecular weight excluding hydrogens is 244 g/mol. The number of halogens is 1. The number of nitrogens with two attached hydrogens (primary N) is 1. The Balaban J connectivity index is 0.00000120. The first-order chi connectivity index (χ1) is 8.27. The van der Waals surface area contributed by atoms with E-state index in [1.807, 2.05) is 0 Å². The van der Waals surface area contributed by atoms with Crippen LogP contribution in [0.25, 0.3) is 10.9 Å². The topological polar surface area (TPSA) is 41.8 Å². The molecule has 0 bridgehead atoms. The van der Waals surface area contributed by atoms with E-state index < -0.39 is 0 Å². The van der Waals surface area contributed by atoms with Gasteiger partial charge in [0.1, 0.15) is 0 Å². The second-order valence-corrected chi connectivity index (χ2v) is 5.28. The van der Waals surface area contributed by atoms with E-state index in [0.29, 0.717) is 5.92 Å². The monoisotopic (exact) mass is 264 g/mol. The Morgan fingerprint density at radius 3 is 2.61 bits per heavy atom. The number of fused-ring (bicyclic) bond motifs is 1. The van der Waals surface area contributed by atoms with Crippen molar-refractivity contribution in [3.8, 4) is 0 Å². The summed E-state index contributed by atoms with van der Waals surface area (Å²) < 4.78 is 0. The molecule has 1 aliphatic rings. The van der Waals surface area contributed by atoms with E-state index in [-0.39, 0.29) is 18.4 Å². The fourth-order valence-electron chi connectivity index (χ4n) is 3.28. The lowest BCUT2D eigenvalue weighted by Crippen LogP contribution is -2.19. The van der Waals surface area contributed by atoms with E-state index >= 15 is 0 Å². The average Bonchev–Trinajstić information content (AvgIpc) is 2.94. The van der Waals surface area contributed by atoms with Gasteiger partial charge in [-0.2, -0.15) is 0 Å². The highest BCUT2D eigenvalue weighted by atomic mass is 35.5. The van der Waals surface area contributed by atoms with Crippen LogP contribution in [-0.2, 0) is 0 Å². The van der Waals surface area contributed by atoms with Crippen molar-refractivity contribution in [1.82, 2.24) is 4.98 Å². The van der Waals surface area contributed by atoms with Crippen LogP contribution in [0.15, 0.2) is 24.3 Å². The zero-order valence-electron chi connectivity index (χ0n) is 10.8. The number of aromatic nitrogens is 1. The number of aryl methyl sites for hydroxylation is 1. The average molecular weight is 265 g/mol. The Morgan fingerprint density at radius 1 is 1.22 bits per heavy atom. The molecule has 1 aliphatic carbocycles. The molecule has 18 heavy (non-hydrogen) atoms. The molecule has 2 nitrogen and oxygen atoms in total. The highest BCUT2D eigenvalue weighted by Gasteiger charge is 2.26. The number of nitrogens with one attached hydrogen (secondary N) is 1.